The van der Waals surface area contributed by atoms with Crippen LogP contribution < -0.4 is 10.6 Å². The van der Waals surface area contributed by atoms with Gasteiger partial charge in [0.05, 0.1) is 13.1 Å². The topological polar surface area (TPSA) is 79.3 Å². The lowest BCUT2D eigenvalue weighted by molar-refractivity contribution is -0.125. The molecule has 0 saturated heterocycles. The Balaban J connectivity index is 1.59. The van der Waals surface area contributed by atoms with Crippen molar-refractivity contribution >= 4 is 34.6 Å². The van der Waals surface area contributed by atoms with Gasteiger partial charge in [-0.15, -0.1) is 0 Å². The van der Waals surface area contributed by atoms with E-state index in [2.05, 4.69) is 38.4 Å². The van der Waals surface area contributed by atoms with Gasteiger partial charge < -0.3 is 20.1 Å². The van der Waals surface area contributed by atoms with E-state index >= 15 is 0 Å². The van der Waals surface area contributed by atoms with E-state index in [1.54, 1.807) is 37.3 Å². The van der Waals surface area contributed by atoms with Crippen LogP contribution in [0.2, 0.25) is 0 Å². The quantitative estimate of drug-likeness (QED) is 0.606. The van der Waals surface area contributed by atoms with Gasteiger partial charge in [-0.3, -0.25) is 9.59 Å². The van der Waals surface area contributed by atoms with Gasteiger partial charge in [0, 0.05) is 44.6 Å². The molecule has 2 heterocycles. The summed E-state index contributed by atoms with van der Waals surface area (Å²) in [6.07, 6.45) is 4.92. The van der Waals surface area contributed by atoms with Crippen molar-refractivity contribution in [1.82, 2.24) is 19.8 Å². The summed E-state index contributed by atoms with van der Waals surface area (Å²) >= 11 is 0. The van der Waals surface area contributed by atoms with Crippen molar-refractivity contribution in [2.75, 3.05) is 26.0 Å². The summed E-state index contributed by atoms with van der Waals surface area (Å²) in [4.78, 5) is 29.6. The van der Waals surface area contributed by atoms with Crippen molar-refractivity contribution in [1.29, 1.82) is 0 Å². The second kappa shape index (κ2) is 9.05. The Morgan fingerprint density at radius 3 is 2.69 bits per heavy atom. The maximum atomic E-state index is 12.5. The Bertz CT molecular complexity index is 1040. The highest BCUT2D eigenvalue weighted by atomic mass is 16.2. The van der Waals surface area contributed by atoms with Crippen LogP contribution in [0, 0.1) is 0 Å². The average Bonchev–Trinajstić information content (AvgIpc) is 3.06. The second-order valence-corrected chi connectivity index (χ2v) is 6.78. The molecule has 2 amide bonds. The van der Waals surface area contributed by atoms with Crippen LogP contribution in [0.25, 0.3) is 17.0 Å². The molecule has 0 fully saturated rings. The van der Waals surface area contributed by atoms with E-state index < -0.39 is 0 Å². The number of pyridine rings is 1. The highest BCUT2D eigenvalue weighted by Gasteiger charge is 2.10. The molecule has 0 aliphatic heterocycles. The third-order valence-corrected chi connectivity index (χ3v) is 4.74. The number of amides is 2. The number of carbonyl (C=O) groups is 2. The number of nitrogens with one attached hydrogen (secondary N) is 2. The third kappa shape index (κ3) is 5.01. The fraction of sp³-hybridized carbons (Fsp3) is 0.227. The lowest BCUT2D eigenvalue weighted by Crippen LogP contribution is -2.26. The van der Waals surface area contributed by atoms with Crippen LogP contribution in [0.4, 0.5) is 5.82 Å². The van der Waals surface area contributed by atoms with Gasteiger partial charge >= 0.3 is 0 Å². The minimum atomic E-state index is -0.115. The highest BCUT2D eigenvalue weighted by molar-refractivity contribution is 5.91. The zero-order chi connectivity index (χ0) is 20.8. The molecule has 0 spiro atoms. The molecule has 7 nitrogen and oxygen atoms in total. The summed E-state index contributed by atoms with van der Waals surface area (Å²) in [5.41, 5.74) is 3.03. The minimum absolute atomic E-state index is 0.0860. The molecule has 2 aromatic heterocycles. The molecule has 3 aromatic rings. The molecule has 0 bridgehead atoms. The Morgan fingerprint density at radius 2 is 2.00 bits per heavy atom. The zero-order valence-corrected chi connectivity index (χ0v) is 16.8. The Labute approximate surface area is 170 Å². The van der Waals surface area contributed by atoms with Crippen molar-refractivity contribution in [2.45, 2.75) is 6.54 Å². The van der Waals surface area contributed by atoms with Gasteiger partial charge in [0.25, 0.3) is 0 Å². The number of hydrogen-bond acceptors (Lipinski definition) is 4. The number of para-hydroxylation sites is 1. The summed E-state index contributed by atoms with van der Waals surface area (Å²) in [5, 5.41) is 6.62. The summed E-state index contributed by atoms with van der Waals surface area (Å²) < 4.78 is 2.11. The number of fused-ring (bicyclic) bond motifs is 1. The van der Waals surface area contributed by atoms with Gasteiger partial charge in [-0.05, 0) is 41.3 Å². The van der Waals surface area contributed by atoms with Crippen molar-refractivity contribution in [2.24, 2.45) is 7.05 Å². The van der Waals surface area contributed by atoms with Gasteiger partial charge in [-0.1, -0.05) is 18.2 Å². The summed E-state index contributed by atoms with van der Waals surface area (Å²) in [5.74, 6) is 0.401. The van der Waals surface area contributed by atoms with Crippen molar-refractivity contribution in [3.05, 3.63) is 66.0 Å². The lowest BCUT2D eigenvalue weighted by Gasteiger charge is -2.15. The fourth-order valence-corrected chi connectivity index (χ4v) is 2.98. The average molecular weight is 391 g/mol. The monoisotopic (exact) mass is 391 g/mol. The standard InChI is InChI=1S/C22H25N5O2/c1-23-21(28)14-25-20-10-8-16(13-24-20)9-11-22(29)26(2)15-18-12-17-6-4-5-7-19(17)27(18)3/h4-13H,14-15H2,1-3H3,(H,23,28)(H,24,25)/b11-9+. The maximum absolute atomic E-state index is 12.5. The smallest absolute Gasteiger partial charge is 0.246 e. The molecule has 0 unspecified atom stereocenters. The molecule has 7 heteroatoms. The summed E-state index contributed by atoms with van der Waals surface area (Å²) in [6.45, 7) is 0.686. The number of anilines is 1. The molecule has 0 aliphatic carbocycles. The van der Waals surface area contributed by atoms with Crippen LogP contribution in [-0.2, 0) is 23.2 Å². The Hall–Kier alpha value is -3.61. The molecule has 3 rings (SSSR count). The van der Waals surface area contributed by atoms with Crippen molar-refractivity contribution in [3.8, 4) is 0 Å². The molecule has 1 aromatic carbocycles. The molecular weight excluding hydrogens is 366 g/mol. The van der Waals surface area contributed by atoms with E-state index in [-0.39, 0.29) is 18.4 Å². The van der Waals surface area contributed by atoms with Crippen LogP contribution in [0.1, 0.15) is 11.3 Å². The van der Waals surface area contributed by atoms with E-state index in [1.165, 1.54) is 6.08 Å². The number of rotatable bonds is 7. The zero-order valence-electron chi connectivity index (χ0n) is 16.8. The molecule has 29 heavy (non-hydrogen) atoms. The largest absolute Gasteiger partial charge is 0.361 e. The SMILES string of the molecule is CNC(=O)CNc1ccc(/C=C/C(=O)N(C)Cc2cc3ccccc3n2C)cn1. The first-order chi connectivity index (χ1) is 14.0. The van der Waals surface area contributed by atoms with Gasteiger partial charge in [-0.25, -0.2) is 4.98 Å². The third-order valence-electron chi connectivity index (χ3n) is 4.74. The Morgan fingerprint density at radius 1 is 1.21 bits per heavy atom. The minimum Gasteiger partial charge on any atom is -0.361 e. The van der Waals surface area contributed by atoms with Gasteiger partial charge in [0.2, 0.25) is 11.8 Å². The first-order valence-electron chi connectivity index (χ1n) is 9.35. The predicted molar refractivity (Wildman–Crippen MR) is 115 cm³/mol. The van der Waals surface area contributed by atoms with E-state index in [0.717, 1.165) is 22.2 Å². The maximum Gasteiger partial charge on any atom is 0.246 e. The molecule has 2 N–H and O–H groups in total. The van der Waals surface area contributed by atoms with E-state index in [0.29, 0.717) is 12.4 Å². The van der Waals surface area contributed by atoms with Crippen molar-refractivity contribution in [3.63, 3.8) is 0 Å². The number of aromatic nitrogens is 2. The first kappa shape index (κ1) is 20.1. The van der Waals surface area contributed by atoms with Crippen LogP contribution in [0.15, 0.2) is 54.7 Å². The van der Waals surface area contributed by atoms with E-state index in [1.807, 2.05) is 25.2 Å². The fourth-order valence-electron chi connectivity index (χ4n) is 2.98. The summed E-state index contributed by atoms with van der Waals surface area (Å²) in [6, 6.07) is 13.9. The number of aryl methyl sites for hydroxylation is 1. The van der Waals surface area contributed by atoms with Crippen LogP contribution >= 0.6 is 0 Å². The Kier molecular flexibility index (Phi) is 6.29. The number of nitrogens with zero attached hydrogens (tertiary/aromatic N) is 3. The van der Waals surface area contributed by atoms with Gasteiger partial charge in [0.15, 0.2) is 0 Å². The number of benzene rings is 1. The van der Waals surface area contributed by atoms with Crippen LogP contribution in [-0.4, -0.2) is 46.9 Å². The molecule has 150 valence electrons. The van der Waals surface area contributed by atoms with Crippen LogP contribution in [0.3, 0.4) is 0 Å². The van der Waals surface area contributed by atoms with Crippen molar-refractivity contribution < 1.29 is 9.59 Å². The predicted octanol–water partition coefficient (Wildman–Crippen LogP) is 2.40. The highest BCUT2D eigenvalue weighted by Crippen LogP contribution is 2.19. The lowest BCUT2D eigenvalue weighted by atomic mass is 10.2. The van der Waals surface area contributed by atoms with E-state index in [9.17, 15) is 9.59 Å². The molecule has 0 aliphatic rings. The first-order valence-corrected chi connectivity index (χ1v) is 9.35. The van der Waals surface area contributed by atoms with Gasteiger partial charge in [0.1, 0.15) is 5.82 Å². The number of hydrogen-bond donors (Lipinski definition) is 2. The molecule has 0 radical (unpaired) electrons. The van der Waals surface area contributed by atoms with Crippen LogP contribution in [0.5, 0.6) is 0 Å². The molecule has 0 atom stereocenters. The number of carbonyl (C=O) groups excluding carboxylic acids is 2. The molecular formula is C22H25N5O2. The van der Waals surface area contributed by atoms with Gasteiger partial charge in [-0.2, -0.15) is 0 Å². The molecule has 0 saturated carbocycles. The normalized spacial score (nSPS) is 11.0. The summed E-state index contributed by atoms with van der Waals surface area (Å²) in [7, 11) is 5.38. The van der Waals surface area contributed by atoms with E-state index in [4.69, 9.17) is 0 Å². The second-order valence-electron chi connectivity index (χ2n) is 6.78. The number of likely N-dealkylation sites (N-methyl/N-ethyl adjacent to an activating group) is 2.